The first kappa shape index (κ1) is 14.9. The van der Waals surface area contributed by atoms with E-state index >= 15 is 0 Å². The van der Waals surface area contributed by atoms with Crippen molar-refractivity contribution in [3.05, 3.63) is 28.0 Å². The standard InChI is InChI=1S/C13H17N5O3S/c1-9-8-21-10(2)6-16(9)11(19)7-17-13(20)18(15-14-17)12-4-3-5-22-12/h3-5,9-10H,6-8H2,1-2H3. The Hall–Kier alpha value is -2.00. The van der Waals surface area contributed by atoms with E-state index in [9.17, 15) is 9.59 Å². The molecule has 1 amide bonds. The number of carbonyl (C=O) groups excluding carboxylic acids is 1. The van der Waals surface area contributed by atoms with Gasteiger partial charge in [0.2, 0.25) is 5.91 Å². The van der Waals surface area contributed by atoms with Crippen LogP contribution in [-0.4, -0.2) is 55.9 Å². The lowest BCUT2D eigenvalue weighted by atomic mass is 10.2. The SMILES string of the molecule is CC1CN(C(=O)Cn2nnn(-c3cccs3)c2=O)C(C)CO1. The van der Waals surface area contributed by atoms with Crippen molar-refractivity contribution in [3.63, 3.8) is 0 Å². The number of thiophene rings is 1. The predicted molar refractivity (Wildman–Crippen MR) is 80.1 cm³/mol. The van der Waals surface area contributed by atoms with Crippen molar-refractivity contribution >= 4 is 17.2 Å². The molecule has 1 fully saturated rings. The van der Waals surface area contributed by atoms with E-state index in [2.05, 4.69) is 10.4 Å². The van der Waals surface area contributed by atoms with Gasteiger partial charge in [0, 0.05) is 6.54 Å². The van der Waals surface area contributed by atoms with Crippen LogP contribution in [0.2, 0.25) is 0 Å². The monoisotopic (exact) mass is 323 g/mol. The number of rotatable bonds is 3. The third kappa shape index (κ3) is 2.81. The molecule has 0 aromatic carbocycles. The molecule has 1 aliphatic heterocycles. The van der Waals surface area contributed by atoms with Crippen LogP contribution in [0.5, 0.6) is 0 Å². The van der Waals surface area contributed by atoms with Gasteiger partial charge in [0.1, 0.15) is 11.5 Å². The van der Waals surface area contributed by atoms with Crippen molar-refractivity contribution in [1.82, 2.24) is 24.7 Å². The maximum Gasteiger partial charge on any atom is 0.369 e. The minimum absolute atomic E-state index is 0.00123. The molecule has 22 heavy (non-hydrogen) atoms. The third-order valence-electron chi connectivity index (χ3n) is 3.57. The summed E-state index contributed by atoms with van der Waals surface area (Å²) in [4.78, 5) is 26.4. The molecule has 2 atom stereocenters. The van der Waals surface area contributed by atoms with Crippen molar-refractivity contribution in [3.8, 4) is 5.00 Å². The van der Waals surface area contributed by atoms with Gasteiger partial charge in [-0.05, 0) is 41.8 Å². The number of tetrazole rings is 1. The number of aromatic nitrogens is 4. The fraction of sp³-hybridized carbons (Fsp3) is 0.538. The summed E-state index contributed by atoms with van der Waals surface area (Å²) in [5.41, 5.74) is -0.412. The lowest BCUT2D eigenvalue weighted by molar-refractivity contribution is -0.144. The highest BCUT2D eigenvalue weighted by Gasteiger charge is 2.28. The molecule has 0 N–H and O–H groups in total. The molecule has 3 heterocycles. The Labute approximate surface area is 130 Å². The molecule has 118 valence electrons. The zero-order valence-corrected chi connectivity index (χ0v) is 13.2. The number of hydrogen-bond donors (Lipinski definition) is 0. The molecule has 0 aliphatic carbocycles. The van der Waals surface area contributed by atoms with Gasteiger partial charge < -0.3 is 9.64 Å². The van der Waals surface area contributed by atoms with Crippen LogP contribution < -0.4 is 5.69 Å². The van der Waals surface area contributed by atoms with Crippen LogP contribution in [0, 0.1) is 0 Å². The van der Waals surface area contributed by atoms with Gasteiger partial charge in [0.25, 0.3) is 0 Å². The van der Waals surface area contributed by atoms with Crippen LogP contribution in [-0.2, 0) is 16.1 Å². The summed E-state index contributed by atoms with van der Waals surface area (Å²) in [6.45, 7) is 4.76. The van der Waals surface area contributed by atoms with Crippen LogP contribution in [0.25, 0.3) is 5.00 Å². The summed E-state index contributed by atoms with van der Waals surface area (Å²) in [5, 5.41) is 10.1. The Morgan fingerprint density at radius 2 is 2.27 bits per heavy atom. The Morgan fingerprint density at radius 3 is 3.00 bits per heavy atom. The number of carbonyl (C=O) groups is 1. The largest absolute Gasteiger partial charge is 0.375 e. The van der Waals surface area contributed by atoms with Crippen molar-refractivity contribution in [2.45, 2.75) is 32.5 Å². The van der Waals surface area contributed by atoms with Crippen molar-refractivity contribution in [2.75, 3.05) is 13.2 Å². The first-order valence-corrected chi connectivity index (χ1v) is 7.92. The van der Waals surface area contributed by atoms with E-state index < -0.39 is 5.69 Å². The topological polar surface area (TPSA) is 82.3 Å². The molecular weight excluding hydrogens is 306 g/mol. The third-order valence-corrected chi connectivity index (χ3v) is 4.41. The van der Waals surface area contributed by atoms with Gasteiger partial charge >= 0.3 is 5.69 Å². The van der Waals surface area contributed by atoms with Gasteiger partial charge in [0.15, 0.2) is 0 Å². The fourth-order valence-electron chi connectivity index (χ4n) is 2.37. The normalized spacial score (nSPS) is 22.0. The molecule has 2 aromatic heterocycles. The van der Waals surface area contributed by atoms with Crippen LogP contribution in [0.1, 0.15) is 13.8 Å². The first-order valence-electron chi connectivity index (χ1n) is 7.04. The molecule has 1 aliphatic rings. The number of amides is 1. The molecular formula is C13H17N5O3S. The van der Waals surface area contributed by atoms with Crippen molar-refractivity contribution < 1.29 is 9.53 Å². The number of hydrogen-bond acceptors (Lipinski definition) is 6. The lowest BCUT2D eigenvalue weighted by Gasteiger charge is -2.36. The zero-order valence-electron chi connectivity index (χ0n) is 12.4. The van der Waals surface area contributed by atoms with Crippen LogP contribution in [0.4, 0.5) is 0 Å². The molecule has 8 nitrogen and oxygen atoms in total. The molecule has 0 radical (unpaired) electrons. The fourth-order valence-corrected chi connectivity index (χ4v) is 3.04. The lowest BCUT2D eigenvalue weighted by Crippen LogP contribution is -2.51. The second-order valence-electron chi connectivity index (χ2n) is 5.32. The smallest absolute Gasteiger partial charge is 0.369 e. The molecule has 2 unspecified atom stereocenters. The van der Waals surface area contributed by atoms with Crippen molar-refractivity contribution in [2.24, 2.45) is 0 Å². The summed E-state index contributed by atoms with van der Waals surface area (Å²) in [6, 6.07) is 3.60. The molecule has 0 spiro atoms. The maximum atomic E-state index is 12.4. The van der Waals surface area contributed by atoms with Gasteiger partial charge in [-0.15, -0.1) is 11.3 Å². The van der Waals surface area contributed by atoms with Crippen molar-refractivity contribution in [1.29, 1.82) is 0 Å². The Morgan fingerprint density at radius 1 is 1.45 bits per heavy atom. The number of morpholine rings is 1. The van der Waals surface area contributed by atoms with Gasteiger partial charge in [-0.2, -0.15) is 9.36 Å². The Balaban J connectivity index is 1.76. The minimum atomic E-state index is -0.412. The second kappa shape index (κ2) is 6.01. The van der Waals surface area contributed by atoms with E-state index in [4.69, 9.17) is 4.74 Å². The quantitative estimate of drug-likeness (QED) is 0.802. The minimum Gasteiger partial charge on any atom is -0.375 e. The number of nitrogens with zero attached hydrogens (tertiary/aromatic N) is 5. The summed E-state index contributed by atoms with van der Waals surface area (Å²) in [7, 11) is 0. The summed E-state index contributed by atoms with van der Waals surface area (Å²) < 4.78 is 7.79. The highest BCUT2D eigenvalue weighted by Crippen LogP contribution is 2.12. The highest BCUT2D eigenvalue weighted by atomic mass is 32.1. The first-order chi connectivity index (χ1) is 10.6. The Bertz CT molecular complexity index is 708. The van der Waals surface area contributed by atoms with E-state index in [-0.39, 0.29) is 24.6 Å². The van der Waals surface area contributed by atoms with E-state index in [1.165, 1.54) is 16.0 Å². The van der Waals surface area contributed by atoms with E-state index in [1.807, 2.05) is 25.3 Å². The average molecular weight is 323 g/mol. The molecule has 0 bridgehead atoms. The zero-order chi connectivity index (χ0) is 15.7. The second-order valence-corrected chi connectivity index (χ2v) is 6.25. The molecule has 2 aromatic rings. The molecule has 9 heteroatoms. The molecule has 3 rings (SSSR count). The van der Waals surface area contributed by atoms with Crippen LogP contribution in [0.15, 0.2) is 22.3 Å². The predicted octanol–water partition coefficient (Wildman–Crippen LogP) is 0.126. The van der Waals surface area contributed by atoms with Crippen LogP contribution >= 0.6 is 11.3 Å². The van der Waals surface area contributed by atoms with Gasteiger partial charge in [-0.1, -0.05) is 0 Å². The van der Waals surface area contributed by atoms with E-state index in [1.54, 1.807) is 11.0 Å². The molecule has 1 saturated heterocycles. The van der Waals surface area contributed by atoms with Gasteiger partial charge in [-0.3, -0.25) is 4.79 Å². The maximum absolute atomic E-state index is 12.4. The van der Waals surface area contributed by atoms with Gasteiger partial charge in [0.05, 0.1) is 18.8 Å². The van der Waals surface area contributed by atoms with Crippen LogP contribution in [0.3, 0.4) is 0 Å². The summed E-state index contributed by atoms with van der Waals surface area (Å²) in [6.07, 6.45) is -0.00123. The van der Waals surface area contributed by atoms with E-state index in [0.717, 1.165) is 4.68 Å². The number of ether oxygens (including phenoxy) is 1. The summed E-state index contributed by atoms with van der Waals surface area (Å²) >= 11 is 1.39. The highest BCUT2D eigenvalue weighted by molar-refractivity contribution is 7.12. The average Bonchev–Trinajstić information content (AvgIpc) is 3.12. The Kier molecular flexibility index (Phi) is 4.08. The van der Waals surface area contributed by atoms with E-state index in [0.29, 0.717) is 18.2 Å². The molecule has 0 saturated carbocycles. The van der Waals surface area contributed by atoms with Gasteiger partial charge in [-0.25, -0.2) is 4.79 Å². The summed E-state index contributed by atoms with van der Waals surface area (Å²) in [5.74, 6) is -0.150.